The molecule has 0 saturated carbocycles. The number of benzene rings is 2. The van der Waals surface area contributed by atoms with E-state index in [1.54, 1.807) is 6.21 Å². The quantitative estimate of drug-likeness (QED) is 0.646. The van der Waals surface area contributed by atoms with Gasteiger partial charge in [0, 0.05) is 22.7 Å². The van der Waals surface area contributed by atoms with Crippen molar-refractivity contribution >= 4 is 28.1 Å². The molecule has 3 aromatic rings. The number of hydrogen-bond donors (Lipinski definition) is 0. The van der Waals surface area contributed by atoms with Crippen molar-refractivity contribution in [2.24, 2.45) is 4.40 Å². The molecule has 1 unspecified atom stereocenters. The average molecular weight is 336 g/mol. The highest BCUT2D eigenvalue weighted by atomic mass is 32.2. The van der Waals surface area contributed by atoms with Crippen LogP contribution in [0.4, 0.5) is 0 Å². The molecule has 122 valence electrons. The van der Waals surface area contributed by atoms with Gasteiger partial charge in [0.25, 0.3) is 0 Å². The van der Waals surface area contributed by atoms with E-state index in [2.05, 4.69) is 4.40 Å². The largest absolute Gasteiger partial charge is 0.247 e. The summed E-state index contributed by atoms with van der Waals surface area (Å²) in [5.41, 5.74) is 3.68. The van der Waals surface area contributed by atoms with Gasteiger partial charge in [-0.15, -0.1) is 0 Å². The van der Waals surface area contributed by atoms with Crippen LogP contribution in [-0.2, 0) is 11.0 Å². The molecule has 0 saturated heterocycles. The zero-order chi connectivity index (χ0) is 17.2. The van der Waals surface area contributed by atoms with E-state index in [9.17, 15) is 4.21 Å². The van der Waals surface area contributed by atoms with E-state index < -0.39 is 11.0 Å². The second kappa shape index (κ2) is 6.65. The highest BCUT2D eigenvalue weighted by Crippen LogP contribution is 2.25. The van der Waals surface area contributed by atoms with Gasteiger partial charge in [0.1, 0.15) is 11.0 Å². The van der Waals surface area contributed by atoms with Crippen LogP contribution in [-0.4, -0.2) is 20.2 Å². The summed E-state index contributed by atoms with van der Waals surface area (Å²) < 4.78 is 16.1. The highest BCUT2D eigenvalue weighted by molar-refractivity contribution is 7.85. The van der Waals surface area contributed by atoms with Crippen molar-refractivity contribution in [2.45, 2.75) is 25.5 Å². The van der Waals surface area contributed by atoms with Crippen LogP contribution in [0.15, 0.2) is 65.1 Å². The van der Waals surface area contributed by atoms with Crippen molar-refractivity contribution in [1.82, 2.24) is 4.98 Å². The molecule has 0 spiro atoms. The molecular weight excluding hydrogens is 316 g/mol. The third kappa shape index (κ3) is 3.60. The Hall–Kier alpha value is -2.33. The zero-order valence-corrected chi connectivity index (χ0v) is 14.9. The summed E-state index contributed by atoms with van der Waals surface area (Å²) in [5, 5.41) is 1.04. The van der Waals surface area contributed by atoms with E-state index in [0.29, 0.717) is 0 Å². The van der Waals surface area contributed by atoms with Gasteiger partial charge < -0.3 is 0 Å². The number of nitrogens with zero attached hydrogens (tertiary/aromatic N) is 2. The standard InChI is InChI=1S/C20H20N2OS/c1-20(2,3)24(23)21-14-17-13-16-11-7-8-12-18(16)22-19(17)15-9-5-4-6-10-15/h4-14H,1-3H3/b21-14+. The maximum absolute atomic E-state index is 12.2. The Morgan fingerprint density at radius 1 is 1.00 bits per heavy atom. The molecule has 0 fully saturated rings. The third-order valence-corrected chi connectivity index (χ3v) is 4.96. The molecule has 1 atom stereocenters. The van der Waals surface area contributed by atoms with Gasteiger partial charge in [0.2, 0.25) is 0 Å². The highest BCUT2D eigenvalue weighted by Gasteiger charge is 2.18. The van der Waals surface area contributed by atoms with E-state index in [1.165, 1.54) is 0 Å². The zero-order valence-electron chi connectivity index (χ0n) is 14.1. The molecule has 1 heterocycles. The molecule has 3 nitrogen and oxygen atoms in total. The van der Waals surface area contributed by atoms with Crippen molar-refractivity contribution < 1.29 is 4.21 Å². The molecule has 0 aliphatic rings. The monoisotopic (exact) mass is 336 g/mol. The molecule has 24 heavy (non-hydrogen) atoms. The Morgan fingerprint density at radius 2 is 1.67 bits per heavy atom. The maximum Gasteiger partial charge on any atom is 0.144 e. The van der Waals surface area contributed by atoms with Crippen molar-refractivity contribution in [3.8, 4) is 11.3 Å². The fourth-order valence-electron chi connectivity index (χ4n) is 2.32. The van der Waals surface area contributed by atoms with Crippen molar-refractivity contribution in [3.63, 3.8) is 0 Å². The Labute approximate surface area is 145 Å². The number of pyridine rings is 1. The van der Waals surface area contributed by atoms with E-state index in [4.69, 9.17) is 4.98 Å². The van der Waals surface area contributed by atoms with Crippen LogP contribution >= 0.6 is 0 Å². The Kier molecular flexibility index (Phi) is 4.58. The Morgan fingerprint density at radius 3 is 2.38 bits per heavy atom. The van der Waals surface area contributed by atoms with E-state index >= 15 is 0 Å². The third-order valence-electron chi connectivity index (χ3n) is 3.61. The summed E-state index contributed by atoms with van der Waals surface area (Å²) in [6.45, 7) is 5.74. The topological polar surface area (TPSA) is 42.3 Å². The minimum atomic E-state index is -1.29. The fourth-order valence-corrected chi connectivity index (χ4v) is 2.85. The molecule has 2 aromatic carbocycles. The molecule has 1 aromatic heterocycles. The van der Waals surface area contributed by atoms with E-state index in [0.717, 1.165) is 27.7 Å². The number of rotatable bonds is 3. The van der Waals surface area contributed by atoms with Gasteiger partial charge in [0.15, 0.2) is 0 Å². The summed E-state index contributed by atoms with van der Waals surface area (Å²) in [6, 6.07) is 20.0. The second-order valence-electron chi connectivity index (χ2n) is 6.58. The minimum absolute atomic E-state index is 0.381. The molecular formula is C20H20N2OS. The minimum Gasteiger partial charge on any atom is -0.247 e. The Bertz CT molecular complexity index is 912. The van der Waals surface area contributed by atoms with Gasteiger partial charge in [0.05, 0.1) is 16.0 Å². The van der Waals surface area contributed by atoms with E-state index in [1.807, 2.05) is 81.4 Å². The molecule has 0 aliphatic carbocycles. The molecule has 4 heteroatoms. The first-order valence-electron chi connectivity index (χ1n) is 7.86. The van der Waals surface area contributed by atoms with Crippen LogP contribution in [0.5, 0.6) is 0 Å². The number of para-hydroxylation sites is 1. The van der Waals surface area contributed by atoms with Crippen LogP contribution < -0.4 is 0 Å². The molecule has 3 rings (SSSR count). The lowest BCUT2D eigenvalue weighted by Gasteiger charge is -2.13. The smallest absolute Gasteiger partial charge is 0.144 e. The van der Waals surface area contributed by atoms with Crippen LogP contribution in [0.25, 0.3) is 22.2 Å². The number of hydrogen-bond acceptors (Lipinski definition) is 2. The van der Waals surface area contributed by atoms with Crippen molar-refractivity contribution in [3.05, 3.63) is 66.2 Å². The first-order chi connectivity index (χ1) is 11.4. The van der Waals surface area contributed by atoms with Crippen LogP contribution in [0.3, 0.4) is 0 Å². The molecule has 0 radical (unpaired) electrons. The number of aromatic nitrogens is 1. The predicted molar refractivity (Wildman–Crippen MR) is 103 cm³/mol. The summed E-state index contributed by atoms with van der Waals surface area (Å²) in [5.74, 6) is 0. The lowest BCUT2D eigenvalue weighted by atomic mass is 10.0. The van der Waals surface area contributed by atoms with E-state index in [-0.39, 0.29) is 4.75 Å². The lowest BCUT2D eigenvalue weighted by Crippen LogP contribution is -2.19. The van der Waals surface area contributed by atoms with Gasteiger partial charge in [-0.1, -0.05) is 48.5 Å². The molecule has 0 bridgehead atoms. The van der Waals surface area contributed by atoms with Gasteiger partial charge in [-0.25, -0.2) is 9.19 Å². The molecule has 0 N–H and O–H groups in total. The van der Waals surface area contributed by atoms with Gasteiger partial charge >= 0.3 is 0 Å². The normalized spacial score (nSPS) is 13.5. The van der Waals surface area contributed by atoms with Crippen LogP contribution in [0.2, 0.25) is 0 Å². The fraction of sp³-hybridized carbons (Fsp3) is 0.200. The first-order valence-corrected chi connectivity index (χ1v) is 8.97. The SMILES string of the molecule is CC(C)(C)S(=O)/N=C/c1cc2ccccc2nc1-c1ccccc1. The maximum atomic E-state index is 12.2. The van der Waals surface area contributed by atoms with Crippen LogP contribution in [0, 0.1) is 0 Å². The number of fused-ring (bicyclic) bond motifs is 1. The van der Waals surface area contributed by atoms with Gasteiger partial charge in [-0.2, -0.15) is 4.40 Å². The summed E-state index contributed by atoms with van der Waals surface area (Å²) in [4.78, 5) is 4.80. The van der Waals surface area contributed by atoms with Gasteiger partial charge in [-0.3, -0.25) is 0 Å². The second-order valence-corrected chi connectivity index (χ2v) is 8.51. The molecule has 0 aliphatic heterocycles. The predicted octanol–water partition coefficient (Wildman–Crippen LogP) is 4.78. The average Bonchev–Trinajstić information content (AvgIpc) is 2.58. The first kappa shape index (κ1) is 16.5. The van der Waals surface area contributed by atoms with Crippen LogP contribution in [0.1, 0.15) is 26.3 Å². The summed E-state index contributed by atoms with van der Waals surface area (Å²) in [7, 11) is -1.29. The summed E-state index contributed by atoms with van der Waals surface area (Å²) in [6.07, 6.45) is 1.68. The summed E-state index contributed by atoms with van der Waals surface area (Å²) >= 11 is 0. The van der Waals surface area contributed by atoms with Crippen molar-refractivity contribution in [2.75, 3.05) is 0 Å². The lowest BCUT2D eigenvalue weighted by molar-refractivity contribution is 0.651. The molecule has 0 amide bonds. The Balaban J connectivity index is 2.14. The van der Waals surface area contributed by atoms with Crippen molar-refractivity contribution in [1.29, 1.82) is 0 Å². The van der Waals surface area contributed by atoms with Gasteiger partial charge in [-0.05, 0) is 32.9 Å².